The number of para-hydroxylation sites is 2. The van der Waals surface area contributed by atoms with Crippen LogP contribution in [0, 0.1) is 0 Å². The zero-order valence-corrected chi connectivity index (χ0v) is 33.0. The van der Waals surface area contributed by atoms with Gasteiger partial charge in [0, 0.05) is 59.4 Å². The lowest BCUT2D eigenvalue weighted by molar-refractivity contribution is 0.670. The van der Waals surface area contributed by atoms with E-state index in [9.17, 15) is 0 Å². The van der Waals surface area contributed by atoms with Crippen molar-refractivity contribution in [3.63, 3.8) is 0 Å². The number of thiophene rings is 1. The molecule has 0 fully saturated rings. The zero-order chi connectivity index (χ0) is 39.6. The summed E-state index contributed by atoms with van der Waals surface area (Å²) in [5.41, 5.74) is 13.9. The first-order valence-corrected chi connectivity index (χ1v) is 20.9. The fraction of sp³-hybridized carbons (Fsp3) is 0. The van der Waals surface area contributed by atoms with Gasteiger partial charge in [-0.25, -0.2) is 15.0 Å². The van der Waals surface area contributed by atoms with Gasteiger partial charge < -0.3 is 4.42 Å². The van der Waals surface area contributed by atoms with E-state index in [4.69, 9.17) is 19.4 Å². The molecule has 0 aliphatic heterocycles. The maximum absolute atomic E-state index is 6.40. The quantitative estimate of drug-likeness (QED) is 0.169. The van der Waals surface area contributed by atoms with Gasteiger partial charge in [-0.1, -0.05) is 182 Å². The Labute approximate surface area is 349 Å². The molecule has 8 aromatic carbocycles. The lowest BCUT2D eigenvalue weighted by Crippen LogP contribution is -1.97. The van der Waals surface area contributed by atoms with Crippen molar-refractivity contribution < 1.29 is 4.42 Å². The van der Waals surface area contributed by atoms with Gasteiger partial charge in [-0.3, -0.25) is 0 Å². The normalized spacial score (nSPS) is 11.7. The summed E-state index contributed by atoms with van der Waals surface area (Å²) in [5.74, 6) is 0.658. The molecule has 4 nitrogen and oxygen atoms in total. The molecule has 0 aliphatic carbocycles. The molecule has 60 heavy (non-hydrogen) atoms. The summed E-state index contributed by atoms with van der Waals surface area (Å²) in [5, 5.41) is 5.79. The summed E-state index contributed by atoms with van der Waals surface area (Å²) in [6.45, 7) is 0. The Morgan fingerprint density at radius 3 is 1.78 bits per heavy atom. The van der Waals surface area contributed by atoms with Gasteiger partial charge in [0.2, 0.25) is 0 Å². The molecular formula is C55H33N3OS. The summed E-state index contributed by atoms with van der Waals surface area (Å²) in [6, 6.07) is 70.1. The van der Waals surface area contributed by atoms with E-state index in [1.165, 1.54) is 20.2 Å². The summed E-state index contributed by atoms with van der Waals surface area (Å²) >= 11 is 1.81. The predicted octanol–water partition coefficient (Wildman–Crippen LogP) is 15.3. The van der Waals surface area contributed by atoms with Crippen molar-refractivity contribution in [2.75, 3.05) is 0 Å². The van der Waals surface area contributed by atoms with Crippen LogP contribution in [0.2, 0.25) is 0 Å². The summed E-state index contributed by atoms with van der Waals surface area (Å²) in [6.07, 6.45) is 0. The Morgan fingerprint density at radius 2 is 0.950 bits per heavy atom. The second-order valence-electron chi connectivity index (χ2n) is 15.1. The highest BCUT2D eigenvalue weighted by atomic mass is 32.1. The van der Waals surface area contributed by atoms with Gasteiger partial charge in [0.25, 0.3) is 0 Å². The van der Waals surface area contributed by atoms with E-state index < -0.39 is 0 Å². The first kappa shape index (κ1) is 34.3. The van der Waals surface area contributed by atoms with Crippen molar-refractivity contribution in [1.82, 2.24) is 15.0 Å². The molecule has 4 aromatic heterocycles. The summed E-state index contributed by atoms with van der Waals surface area (Å²) in [7, 11) is 0. The van der Waals surface area contributed by atoms with E-state index in [0.717, 1.165) is 94.4 Å². The van der Waals surface area contributed by atoms with E-state index in [1.807, 2.05) is 29.5 Å². The van der Waals surface area contributed by atoms with Crippen molar-refractivity contribution >= 4 is 64.4 Å². The molecule has 0 saturated heterocycles. The van der Waals surface area contributed by atoms with Crippen LogP contribution < -0.4 is 0 Å². The molecule has 0 N–H and O–H groups in total. The molecule has 12 aromatic rings. The second-order valence-corrected chi connectivity index (χ2v) is 16.1. The average molecular weight is 784 g/mol. The Morgan fingerprint density at radius 1 is 0.367 bits per heavy atom. The maximum atomic E-state index is 6.40. The summed E-state index contributed by atoms with van der Waals surface area (Å²) < 4.78 is 8.87. The van der Waals surface area contributed by atoms with Crippen LogP contribution in [0.15, 0.2) is 205 Å². The van der Waals surface area contributed by atoms with Crippen molar-refractivity contribution in [1.29, 1.82) is 0 Å². The molecule has 0 radical (unpaired) electrons. The highest BCUT2D eigenvalue weighted by Gasteiger charge is 2.18. The van der Waals surface area contributed by atoms with Gasteiger partial charge in [0.15, 0.2) is 5.82 Å². The smallest absolute Gasteiger partial charge is 0.160 e. The summed E-state index contributed by atoms with van der Waals surface area (Å²) in [4.78, 5) is 15.9. The Hall–Kier alpha value is -7.73. The predicted molar refractivity (Wildman–Crippen MR) is 250 cm³/mol. The largest absolute Gasteiger partial charge is 0.455 e. The average Bonchev–Trinajstić information content (AvgIpc) is 3.90. The molecule has 0 bridgehead atoms. The molecule has 12 rings (SSSR count). The Kier molecular flexibility index (Phi) is 8.00. The lowest BCUT2D eigenvalue weighted by atomic mass is 9.96. The fourth-order valence-electron chi connectivity index (χ4n) is 8.62. The maximum Gasteiger partial charge on any atom is 0.160 e. The Bertz CT molecular complexity index is 3590. The molecule has 0 unspecified atom stereocenters. The number of fused-ring (bicyclic) bond motifs is 8. The number of benzene rings is 8. The van der Waals surface area contributed by atoms with Gasteiger partial charge >= 0.3 is 0 Å². The molecular weight excluding hydrogens is 751 g/mol. The van der Waals surface area contributed by atoms with Crippen LogP contribution in [-0.2, 0) is 0 Å². The van der Waals surface area contributed by atoms with E-state index in [0.29, 0.717) is 5.82 Å². The number of nitrogens with zero attached hydrogens (tertiary/aromatic N) is 3. The van der Waals surface area contributed by atoms with Crippen LogP contribution in [-0.4, -0.2) is 15.0 Å². The molecule has 0 amide bonds. The Balaban J connectivity index is 0.984. The minimum atomic E-state index is 0.658. The van der Waals surface area contributed by atoms with E-state index in [2.05, 4.69) is 182 Å². The molecule has 4 heterocycles. The van der Waals surface area contributed by atoms with Gasteiger partial charge in [-0.05, 0) is 34.9 Å². The highest BCUT2D eigenvalue weighted by Crippen LogP contribution is 2.42. The van der Waals surface area contributed by atoms with Gasteiger partial charge in [0.05, 0.1) is 27.3 Å². The van der Waals surface area contributed by atoms with Crippen LogP contribution in [0.4, 0.5) is 0 Å². The zero-order valence-electron chi connectivity index (χ0n) is 32.2. The first-order chi connectivity index (χ1) is 29.7. The minimum absolute atomic E-state index is 0.658. The third-order valence-corrected chi connectivity index (χ3v) is 12.7. The molecule has 0 spiro atoms. The topological polar surface area (TPSA) is 51.8 Å². The monoisotopic (exact) mass is 783 g/mol. The van der Waals surface area contributed by atoms with Crippen molar-refractivity contribution in [2.45, 2.75) is 0 Å². The van der Waals surface area contributed by atoms with Crippen LogP contribution in [0.1, 0.15) is 0 Å². The van der Waals surface area contributed by atoms with Crippen LogP contribution in [0.3, 0.4) is 0 Å². The van der Waals surface area contributed by atoms with E-state index in [1.54, 1.807) is 0 Å². The number of aromatic nitrogens is 3. The van der Waals surface area contributed by atoms with Crippen molar-refractivity contribution in [2.24, 2.45) is 0 Å². The number of rotatable bonds is 6. The third kappa shape index (κ3) is 5.70. The fourth-order valence-corrected chi connectivity index (χ4v) is 9.80. The number of hydrogen-bond donors (Lipinski definition) is 0. The molecule has 0 aliphatic rings. The van der Waals surface area contributed by atoms with E-state index in [-0.39, 0.29) is 0 Å². The van der Waals surface area contributed by atoms with Crippen LogP contribution in [0.25, 0.3) is 120 Å². The van der Waals surface area contributed by atoms with Crippen LogP contribution >= 0.6 is 11.3 Å². The second kappa shape index (κ2) is 14.0. The molecule has 0 saturated carbocycles. The van der Waals surface area contributed by atoms with Crippen molar-refractivity contribution in [3.8, 4) is 67.4 Å². The minimum Gasteiger partial charge on any atom is -0.455 e. The molecule has 5 heteroatoms. The standard InChI is InChI=1S/C55H33N3OS/c1-2-13-34(14-3-1)39-15-4-5-16-41(39)48-33-47(36-27-25-35(26-28-36)40-21-12-22-44-42-17-8-10-23-49(42)59-53(40)44)56-55(57-48)38-31-29-37(30-32-38)51-43-18-6-7-19-45(43)54-52(58-51)46-20-9-11-24-50(46)60-54/h1-33H. The van der Waals surface area contributed by atoms with E-state index >= 15 is 0 Å². The van der Waals surface area contributed by atoms with Gasteiger partial charge in [-0.15, -0.1) is 11.3 Å². The van der Waals surface area contributed by atoms with Gasteiger partial charge in [0.1, 0.15) is 11.2 Å². The van der Waals surface area contributed by atoms with Crippen LogP contribution in [0.5, 0.6) is 0 Å². The van der Waals surface area contributed by atoms with Gasteiger partial charge in [-0.2, -0.15) is 0 Å². The molecule has 280 valence electrons. The highest BCUT2D eigenvalue weighted by molar-refractivity contribution is 7.26. The third-order valence-electron chi connectivity index (χ3n) is 11.5. The number of furan rings is 1. The van der Waals surface area contributed by atoms with Crippen molar-refractivity contribution in [3.05, 3.63) is 200 Å². The first-order valence-electron chi connectivity index (χ1n) is 20.1. The number of hydrogen-bond acceptors (Lipinski definition) is 5. The molecule has 0 atom stereocenters. The number of pyridine rings is 1. The SMILES string of the molecule is c1ccc(-c2ccccc2-c2cc(-c3ccc(-c4cccc5c4oc4ccccc45)cc3)nc(-c3ccc(-c4nc5c6ccccc6sc5c5ccccc45)cc3)n2)cc1. The lowest BCUT2D eigenvalue weighted by Gasteiger charge is -2.14.